The summed E-state index contributed by atoms with van der Waals surface area (Å²) in [4.78, 5) is 21.2. The highest BCUT2D eigenvalue weighted by atomic mass is 16.5. The summed E-state index contributed by atoms with van der Waals surface area (Å²) >= 11 is 0. The summed E-state index contributed by atoms with van der Waals surface area (Å²) < 4.78 is 5.47. The highest BCUT2D eigenvalue weighted by Crippen LogP contribution is 2.34. The molecule has 6 heteroatoms. The quantitative estimate of drug-likeness (QED) is 0.759. The lowest BCUT2D eigenvalue weighted by atomic mass is 9.99. The summed E-state index contributed by atoms with van der Waals surface area (Å²) in [7, 11) is 0. The Morgan fingerprint density at radius 2 is 2.00 bits per heavy atom. The van der Waals surface area contributed by atoms with E-state index in [0.717, 1.165) is 50.1 Å². The van der Waals surface area contributed by atoms with Crippen molar-refractivity contribution < 1.29 is 9.32 Å². The average molecular weight is 346 g/mol. The molecule has 25 heavy (non-hydrogen) atoms. The molecule has 3 heterocycles. The molecule has 1 aromatic rings. The van der Waals surface area contributed by atoms with E-state index in [1.165, 1.54) is 38.8 Å². The van der Waals surface area contributed by atoms with Gasteiger partial charge in [-0.05, 0) is 63.6 Å². The molecule has 0 unspecified atom stereocenters. The van der Waals surface area contributed by atoms with Gasteiger partial charge < -0.3 is 14.3 Å². The number of carbonyl (C=O) groups excluding carboxylic acids is 1. The Hall–Kier alpha value is -1.43. The summed E-state index contributed by atoms with van der Waals surface area (Å²) in [5, 5.41) is 4.14. The van der Waals surface area contributed by atoms with E-state index in [0.29, 0.717) is 12.3 Å². The van der Waals surface area contributed by atoms with Crippen LogP contribution in [0.5, 0.6) is 0 Å². The molecule has 3 fully saturated rings. The fourth-order valence-corrected chi connectivity index (χ4v) is 4.01. The van der Waals surface area contributed by atoms with Crippen molar-refractivity contribution >= 4 is 5.91 Å². The minimum absolute atomic E-state index is 0.0936. The number of aryl methyl sites for hydroxylation is 1. The van der Waals surface area contributed by atoms with E-state index < -0.39 is 0 Å². The molecule has 0 aromatic carbocycles. The van der Waals surface area contributed by atoms with Gasteiger partial charge >= 0.3 is 0 Å². The first-order valence-corrected chi connectivity index (χ1v) is 10.00. The third kappa shape index (κ3) is 4.40. The van der Waals surface area contributed by atoms with Crippen molar-refractivity contribution in [2.75, 3.05) is 32.7 Å². The Kier molecular flexibility index (Phi) is 5.06. The summed E-state index contributed by atoms with van der Waals surface area (Å²) in [6.45, 7) is 7.58. The van der Waals surface area contributed by atoms with Gasteiger partial charge in [-0.25, -0.2) is 0 Å². The summed E-state index contributed by atoms with van der Waals surface area (Å²) in [5.74, 6) is 3.41. The lowest BCUT2D eigenvalue weighted by molar-refractivity contribution is -0.127. The maximum atomic E-state index is 12.1. The van der Waals surface area contributed by atoms with Crippen molar-refractivity contribution in [2.45, 2.75) is 57.8 Å². The predicted molar refractivity (Wildman–Crippen MR) is 94.1 cm³/mol. The van der Waals surface area contributed by atoms with E-state index in [-0.39, 0.29) is 11.8 Å². The summed E-state index contributed by atoms with van der Waals surface area (Å²) in [6.07, 6.45) is 7.65. The van der Waals surface area contributed by atoms with Crippen LogP contribution in [-0.4, -0.2) is 58.6 Å². The first kappa shape index (κ1) is 17.0. The van der Waals surface area contributed by atoms with Crippen molar-refractivity contribution in [3.8, 4) is 0 Å². The van der Waals surface area contributed by atoms with Gasteiger partial charge in [0, 0.05) is 25.9 Å². The molecule has 4 rings (SSSR count). The maximum Gasteiger partial charge on any atom is 0.232 e. The largest absolute Gasteiger partial charge is 0.342 e. The van der Waals surface area contributed by atoms with Gasteiger partial charge in [0.25, 0.3) is 0 Å². The van der Waals surface area contributed by atoms with Crippen LogP contribution in [0.1, 0.15) is 63.1 Å². The number of likely N-dealkylation sites (tertiary alicyclic amines) is 2. The van der Waals surface area contributed by atoms with Crippen molar-refractivity contribution in [2.24, 2.45) is 11.8 Å². The van der Waals surface area contributed by atoms with Crippen molar-refractivity contribution in [3.63, 3.8) is 0 Å². The minimum Gasteiger partial charge on any atom is -0.342 e. The Balaban J connectivity index is 1.22. The lowest BCUT2D eigenvalue weighted by Crippen LogP contribution is -2.33. The molecule has 1 atom stereocenters. The zero-order valence-electron chi connectivity index (χ0n) is 15.3. The SMILES string of the molecule is CC1CCN(CCCc2noc([C@H]3CC(=O)N(CC4CC4)C3)n2)CC1. The molecule has 2 saturated heterocycles. The van der Waals surface area contributed by atoms with Crippen LogP contribution < -0.4 is 0 Å². The third-order valence-electron chi connectivity index (χ3n) is 5.97. The van der Waals surface area contributed by atoms with Crippen LogP contribution in [0.3, 0.4) is 0 Å². The van der Waals surface area contributed by atoms with E-state index in [2.05, 4.69) is 22.0 Å². The van der Waals surface area contributed by atoms with Gasteiger partial charge in [0.2, 0.25) is 11.8 Å². The molecule has 0 spiro atoms. The fraction of sp³-hybridized carbons (Fsp3) is 0.842. The van der Waals surface area contributed by atoms with Crippen LogP contribution in [0.15, 0.2) is 4.52 Å². The first-order chi connectivity index (χ1) is 12.2. The van der Waals surface area contributed by atoms with Gasteiger partial charge in [0.1, 0.15) is 0 Å². The Morgan fingerprint density at radius 3 is 2.76 bits per heavy atom. The lowest BCUT2D eigenvalue weighted by Gasteiger charge is -2.29. The molecule has 1 aromatic heterocycles. The number of rotatable bonds is 7. The number of nitrogens with zero attached hydrogens (tertiary/aromatic N) is 4. The Bertz CT molecular complexity index is 590. The van der Waals surface area contributed by atoms with Crippen molar-refractivity contribution in [1.29, 1.82) is 0 Å². The third-order valence-corrected chi connectivity index (χ3v) is 5.97. The molecule has 1 saturated carbocycles. The van der Waals surface area contributed by atoms with Crippen LogP contribution in [0.2, 0.25) is 0 Å². The highest BCUT2D eigenvalue weighted by Gasteiger charge is 2.37. The Labute approximate surface area is 149 Å². The second-order valence-electron chi connectivity index (χ2n) is 8.32. The first-order valence-electron chi connectivity index (χ1n) is 10.00. The van der Waals surface area contributed by atoms with E-state index in [9.17, 15) is 4.79 Å². The summed E-state index contributed by atoms with van der Waals surface area (Å²) in [6, 6.07) is 0. The van der Waals surface area contributed by atoms with Gasteiger partial charge in [-0.1, -0.05) is 12.1 Å². The number of carbonyl (C=O) groups is 1. The van der Waals surface area contributed by atoms with Crippen molar-refractivity contribution in [1.82, 2.24) is 19.9 Å². The van der Waals surface area contributed by atoms with Crippen LogP contribution in [0.4, 0.5) is 0 Å². The molecule has 1 aliphatic carbocycles. The monoisotopic (exact) mass is 346 g/mol. The standard InChI is InChI=1S/C19H30N4O2/c1-14-6-9-22(10-7-14)8-2-3-17-20-19(25-21-17)16-11-18(24)23(13-16)12-15-4-5-15/h14-16H,2-13H2,1H3/t16-/m0/s1. The van der Waals surface area contributed by atoms with Crippen LogP contribution in [0.25, 0.3) is 0 Å². The van der Waals surface area contributed by atoms with Gasteiger partial charge in [-0.3, -0.25) is 4.79 Å². The molecule has 0 bridgehead atoms. The highest BCUT2D eigenvalue weighted by molar-refractivity contribution is 5.79. The normalized spacial score (nSPS) is 25.9. The second-order valence-corrected chi connectivity index (χ2v) is 8.32. The number of amides is 1. The van der Waals surface area contributed by atoms with Gasteiger partial charge in [0.05, 0.1) is 5.92 Å². The average Bonchev–Trinajstić information content (AvgIpc) is 3.16. The second kappa shape index (κ2) is 7.44. The molecule has 138 valence electrons. The number of piperidine rings is 1. The van der Waals surface area contributed by atoms with Gasteiger partial charge in [0.15, 0.2) is 5.82 Å². The van der Waals surface area contributed by atoms with E-state index in [1.54, 1.807) is 0 Å². The van der Waals surface area contributed by atoms with E-state index in [4.69, 9.17) is 4.52 Å². The zero-order valence-corrected chi connectivity index (χ0v) is 15.3. The van der Waals surface area contributed by atoms with Gasteiger partial charge in [-0.15, -0.1) is 0 Å². The smallest absolute Gasteiger partial charge is 0.232 e. The Morgan fingerprint density at radius 1 is 1.20 bits per heavy atom. The van der Waals surface area contributed by atoms with Crippen molar-refractivity contribution in [3.05, 3.63) is 11.7 Å². The topological polar surface area (TPSA) is 62.5 Å². The van der Waals surface area contributed by atoms with Gasteiger partial charge in [-0.2, -0.15) is 4.98 Å². The molecule has 3 aliphatic rings. The van der Waals surface area contributed by atoms with Crippen LogP contribution in [-0.2, 0) is 11.2 Å². The van der Waals surface area contributed by atoms with E-state index >= 15 is 0 Å². The number of hydrogen-bond acceptors (Lipinski definition) is 5. The minimum atomic E-state index is 0.0936. The fourth-order valence-electron chi connectivity index (χ4n) is 4.01. The van der Waals surface area contributed by atoms with E-state index in [1.807, 2.05) is 4.90 Å². The predicted octanol–water partition coefficient (Wildman–Crippen LogP) is 2.46. The molecule has 0 radical (unpaired) electrons. The molecular weight excluding hydrogens is 316 g/mol. The molecule has 6 nitrogen and oxygen atoms in total. The zero-order chi connectivity index (χ0) is 17.2. The van der Waals surface area contributed by atoms with Crippen LogP contribution >= 0.6 is 0 Å². The maximum absolute atomic E-state index is 12.1. The molecule has 0 N–H and O–H groups in total. The molecule has 2 aliphatic heterocycles. The number of hydrogen-bond donors (Lipinski definition) is 0. The molecule has 1 amide bonds. The summed E-state index contributed by atoms with van der Waals surface area (Å²) in [5.41, 5.74) is 0. The number of aromatic nitrogens is 2. The molecular formula is C19H30N4O2. The van der Waals surface area contributed by atoms with Crippen LogP contribution in [0, 0.1) is 11.8 Å².